The lowest BCUT2D eigenvalue weighted by Crippen LogP contribution is -2.19. The Bertz CT molecular complexity index is 586. The molecule has 0 atom stereocenters. The van der Waals surface area contributed by atoms with Crippen LogP contribution >= 0.6 is 11.8 Å². The molecule has 0 amide bonds. The van der Waals surface area contributed by atoms with E-state index in [-0.39, 0.29) is 0 Å². The molecule has 3 heteroatoms. The highest BCUT2D eigenvalue weighted by Gasteiger charge is 1.98. The van der Waals surface area contributed by atoms with Gasteiger partial charge in [0, 0.05) is 6.54 Å². The third kappa shape index (κ3) is 5.27. The molecule has 2 aromatic rings. The van der Waals surface area contributed by atoms with Crippen LogP contribution in [0.25, 0.3) is 0 Å². The maximum Gasteiger partial charge on any atom is 0.156 e. The van der Waals surface area contributed by atoms with Gasteiger partial charge >= 0.3 is 0 Å². The lowest BCUT2D eigenvalue weighted by atomic mass is 10.1. The molecule has 2 rings (SSSR count). The molecule has 0 saturated heterocycles. The first-order valence-corrected chi connectivity index (χ1v) is 8.33. The summed E-state index contributed by atoms with van der Waals surface area (Å²) in [6.07, 6.45) is 2.05. The smallest absolute Gasteiger partial charge is 0.156 e. The molecule has 1 N–H and O–H groups in total. The average Bonchev–Trinajstić information content (AvgIpc) is 2.51. The summed E-state index contributed by atoms with van der Waals surface area (Å²) in [4.78, 5) is 4.64. The zero-order valence-corrected chi connectivity index (χ0v) is 13.7. The Balaban J connectivity index is 1.91. The third-order valence-corrected chi connectivity index (χ3v) is 3.94. The van der Waals surface area contributed by atoms with Crippen LogP contribution in [-0.4, -0.2) is 11.4 Å². The Kier molecular flexibility index (Phi) is 5.88. The Morgan fingerprint density at radius 1 is 0.905 bits per heavy atom. The second-order valence-electron chi connectivity index (χ2n) is 5.15. The first kappa shape index (κ1) is 15.6. The van der Waals surface area contributed by atoms with Crippen molar-refractivity contribution in [2.24, 2.45) is 4.99 Å². The molecule has 0 aliphatic heterocycles. The number of nitrogens with zero attached hydrogens (tertiary/aromatic N) is 1. The van der Waals surface area contributed by atoms with Gasteiger partial charge in [0.15, 0.2) is 5.17 Å². The lowest BCUT2D eigenvalue weighted by molar-refractivity contribution is 0.910. The van der Waals surface area contributed by atoms with E-state index in [1.165, 1.54) is 22.3 Å². The standard InChI is InChI=1S/C18H22N2S/c1-14-4-8-16(9-5-14)12-19-18(21-3)20-13-17-10-6-15(2)7-11-17/h4-11H,12-13H2,1-3H3,(H,19,20). The molecule has 0 spiro atoms. The molecule has 2 aromatic carbocycles. The van der Waals surface area contributed by atoms with E-state index >= 15 is 0 Å². The number of thioether (sulfide) groups is 1. The van der Waals surface area contributed by atoms with E-state index in [2.05, 4.69) is 78.9 Å². The number of aliphatic imine (C=N–C) groups is 1. The monoisotopic (exact) mass is 298 g/mol. The van der Waals surface area contributed by atoms with Gasteiger partial charge in [-0.2, -0.15) is 0 Å². The maximum atomic E-state index is 4.64. The van der Waals surface area contributed by atoms with Crippen molar-refractivity contribution in [2.45, 2.75) is 26.9 Å². The molecule has 0 bridgehead atoms. The van der Waals surface area contributed by atoms with Crippen LogP contribution in [0, 0.1) is 13.8 Å². The summed E-state index contributed by atoms with van der Waals surface area (Å²) in [5, 5.41) is 4.38. The van der Waals surface area contributed by atoms with Crippen LogP contribution in [0.2, 0.25) is 0 Å². The summed E-state index contributed by atoms with van der Waals surface area (Å²) in [5.74, 6) is 0. The van der Waals surface area contributed by atoms with Gasteiger partial charge in [-0.05, 0) is 31.2 Å². The van der Waals surface area contributed by atoms with Crippen molar-refractivity contribution in [1.29, 1.82) is 0 Å². The predicted octanol–water partition coefficient (Wildman–Crippen LogP) is 4.31. The molecule has 0 radical (unpaired) electrons. The quantitative estimate of drug-likeness (QED) is 0.672. The third-order valence-electron chi connectivity index (χ3n) is 3.28. The highest BCUT2D eigenvalue weighted by Crippen LogP contribution is 2.07. The SMILES string of the molecule is CSC(=NCc1ccc(C)cc1)NCc1ccc(C)cc1. The largest absolute Gasteiger partial charge is 0.361 e. The lowest BCUT2D eigenvalue weighted by Gasteiger charge is -2.08. The van der Waals surface area contributed by atoms with Gasteiger partial charge in [0.2, 0.25) is 0 Å². The highest BCUT2D eigenvalue weighted by atomic mass is 32.2. The zero-order chi connectivity index (χ0) is 15.1. The molecule has 0 aromatic heterocycles. The van der Waals surface area contributed by atoms with Gasteiger partial charge < -0.3 is 5.32 Å². The van der Waals surface area contributed by atoms with Gasteiger partial charge in [-0.1, -0.05) is 71.4 Å². The van der Waals surface area contributed by atoms with Gasteiger partial charge in [0.25, 0.3) is 0 Å². The van der Waals surface area contributed by atoms with Crippen LogP contribution in [0.4, 0.5) is 0 Å². The number of hydrogen-bond donors (Lipinski definition) is 1. The van der Waals surface area contributed by atoms with Gasteiger partial charge in [-0.25, -0.2) is 0 Å². The molecule has 0 aliphatic carbocycles. The van der Waals surface area contributed by atoms with E-state index in [9.17, 15) is 0 Å². The molecular formula is C18H22N2S. The Morgan fingerprint density at radius 3 is 1.95 bits per heavy atom. The molecule has 0 unspecified atom stereocenters. The van der Waals surface area contributed by atoms with Crippen molar-refractivity contribution in [3.8, 4) is 0 Å². The molecule has 2 nitrogen and oxygen atoms in total. The van der Waals surface area contributed by atoms with Gasteiger partial charge in [-0.15, -0.1) is 0 Å². The van der Waals surface area contributed by atoms with Crippen LogP contribution in [0.5, 0.6) is 0 Å². The normalized spacial score (nSPS) is 11.5. The maximum absolute atomic E-state index is 4.64. The second-order valence-corrected chi connectivity index (χ2v) is 5.95. The number of rotatable bonds is 4. The molecule has 0 aliphatic rings. The zero-order valence-electron chi connectivity index (χ0n) is 12.9. The Hall–Kier alpha value is -1.74. The number of benzene rings is 2. The van der Waals surface area contributed by atoms with Crippen LogP contribution in [0.15, 0.2) is 53.5 Å². The van der Waals surface area contributed by atoms with E-state index in [0.717, 1.165) is 18.3 Å². The second kappa shape index (κ2) is 7.89. The summed E-state index contributed by atoms with van der Waals surface area (Å²) in [6, 6.07) is 17.1. The van der Waals surface area contributed by atoms with E-state index in [1.807, 2.05) is 0 Å². The summed E-state index contributed by atoms with van der Waals surface area (Å²) >= 11 is 1.65. The molecule has 110 valence electrons. The van der Waals surface area contributed by atoms with Crippen LogP contribution in [-0.2, 0) is 13.1 Å². The minimum atomic E-state index is 0.720. The van der Waals surface area contributed by atoms with Crippen molar-refractivity contribution >= 4 is 16.9 Å². The summed E-state index contributed by atoms with van der Waals surface area (Å²) in [7, 11) is 0. The minimum Gasteiger partial charge on any atom is -0.361 e. The van der Waals surface area contributed by atoms with Gasteiger partial charge in [0.05, 0.1) is 6.54 Å². The fourth-order valence-electron chi connectivity index (χ4n) is 1.93. The predicted molar refractivity (Wildman–Crippen MR) is 93.9 cm³/mol. The molecule has 0 heterocycles. The van der Waals surface area contributed by atoms with Crippen molar-refractivity contribution in [3.05, 3.63) is 70.8 Å². The van der Waals surface area contributed by atoms with E-state index < -0.39 is 0 Å². The van der Waals surface area contributed by atoms with E-state index in [4.69, 9.17) is 0 Å². The molecule has 0 fully saturated rings. The molecule has 0 saturated carbocycles. The topological polar surface area (TPSA) is 24.4 Å². The van der Waals surface area contributed by atoms with Crippen molar-refractivity contribution < 1.29 is 0 Å². The van der Waals surface area contributed by atoms with E-state index in [1.54, 1.807) is 11.8 Å². The van der Waals surface area contributed by atoms with E-state index in [0.29, 0.717) is 0 Å². The van der Waals surface area contributed by atoms with Crippen molar-refractivity contribution in [2.75, 3.05) is 6.26 Å². The van der Waals surface area contributed by atoms with Crippen molar-refractivity contribution in [1.82, 2.24) is 5.32 Å². The van der Waals surface area contributed by atoms with Crippen LogP contribution in [0.3, 0.4) is 0 Å². The number of nitrogens with one attached hydrogen (secondary N) is 1. The number of aryl methyl sites for hydroxylation is 2. The minimum absolute atomic E-state index is 0.720. The summed E-state index contributed by atoms with van der Waals surface area (Å²) in [5.41, 5.74) is 5.09. The van der Waals surface area contributed by atoms with Crippen molar-refractivity contribution in [3.63, 3.8) is 0 Å². The fourth-order valence-corrected chi connectivity index (χ4v) is 2.34. The summed E-state index contributed by atoms with van der Waals surface area (Å²) in [6.45, 7) is 5.74. The molecule has 21 heavy (non-hydrogen) atoms. The molecular weight excluding hydrogens is 276 g/mol. The number of amidine groups is 1. The van der Waals surface area contributed by atoms with Gasteiger partial charge in [-0.3, -0.25) is 4.99 Å². The number of hydrogen-bond acceptors (Lipinski definition) is 2. The first-order chi connectivity index (χ1) is 10.2. The van der Waals surface area contributed by atoms with Crippen LogP contribution < -0.4 is 5.32 Å². The highest BCUT2D eigenvalue weighted by molar-refractivity contribution is 8.13. The summed E-state index contributed by atoms with van der Waals surface area (Å²) < 4.78 is 0. The first-order valence-electron chi connectivity index (χ1n) is 7.11. The Morgan fingerprint density at radius 2 is 1.43 bits per heavy atom. The van der Waals surface area contributed by atoms with Gasteiger partial charge in [0.1, 0.15) is 0 Å². The average molecular weight is 298 g/mol. The Labute approximate surface area is 131 Å². The van der Waals surface area contributed by atoms with Crippen LogP contribution in [0.1, 0.15) is 22.3 Å². The fraction of sp³-hybridized carbons (Fsp3) is 0.278.